The Balaban J connectivity index is 1.75. The quantitative estimate of drug-likeness (QED) is 0.733. The van der Waals surface area contributed by atoms with Gasteiger partial charge in [0.2, 0.25) is 5.91 Å². The molecule has 3 fully saturated rings. The molecule has 1 aliphatic heterocycles. The fraction of sp³-hybridized carbons (Fsp3) is 0.923. The van der Waals surface area contributed by atoms with E-state index < -0.39 is 5.54 Å². The Hall–Kier alpha value is -0.570. The average molecular weight is 222 g/mol. The number of nitrogens with two attached hydrogens (primary N) is 1. The molecule has 0 spiro atoms. The Morgan fingerprint density at radius 3 is 2.56 bits per heavy atom. The number of carbonyl (C=O) groups excluding carboxylic acids is 1. The van der Waals surface area contributed by atoms with Crippen molar-refractivity contribution in [2.75, 3.05) is 6.54 Å². The van der Waals surface area contributed by atoms with E-state index in [2.05, 4.69) is 4.90 Å². The van der Waals surface area contributed by atoms with Gasteiger partial charge in [0.15, 0.2) is 0 Å². The zero-order chi connectivity index (χ0) is 11.2. The van der Waals surface area contributed by atoms with Gasteiger partial charge in [-0.15, -0.1) is 0 Å². The van der Waals surface area contributed by atoms with Gasteiger partial charge in [-0.1, -0.05) is 6.42 Å². The van der Waals surface area contributed by atoms with Crippen molar-refractivity contribution in [3.63, 3.8) is 0 Å². The Kier molecular flexibility index (Phi) is 2.46. The van der Waals surface area contributed by atoms with Crippen LogP contribution in [-0.4, -0.2) is 28.9 Å². The number of hydrogen-bond acceptors (Lipinski definition) is 2. The van der Waals surface area contributed by atoms with Crippen LogP contribution in [-0.2, 0) is 4.79 Å². The van der Waals surface area contributed by atoms with Crippen LogP contribution in [0.3, 0.4) is 0 Å². The molecule has 2 atom stereocenters. The second-order valence-corrected chi connectivity index (χ2v) is 5.91. The van der Waals surface area contributed by atoms with Crippen LogP contribution in [0.25, 0.3) is 0 Å². The third-order valence-corrected chi connectivity index (χ3v) is 4.93. The number of nitrogens with zero attached hydrogens (tertiary/aromatic N) is 1. The minimum atomic E-state index is -0.482. The van der Waals surface area contributed by atoms with Crippen LogP contribution >= 0.6 is 0 Å². The number of likely N-dealkylation sites (tertiary alicyclic amines) is 1. The molecule has 1 heterocycles. The molecule has 3 nitrogen and oxygen atoms in total. The Bertz CT molecular complexity index is 298. The van der Waals surface area contributed by atoms with E-state index in [1.165, 1.54) is 32.1 Å². The fourth-order valence-corrected chi connectivity index (χ4v) is 3.76. The summed E-state index contributed by atoms with van der Waals surface area (Å²) < 4.78 is 0. The molecule has 16 heavy (non-hydrogen) atoms. The lowest BCUT2D eigenvalue weighted by Gasteiger charge is -2.45. The number of fused-ring (bicyclic) bond motifs is 1. The van der Waals surface area contributed by atoms with Crippen molar-refractivity contribution >= 4 is 5.91 Å². The van der Waals surface area contributed by atoms with E-state index in [0.717, 1.165) is 31.7 Å². The predicted molar refractivity (Wildman–Crippen MR) is 62.8 cm³/mol. The Morgan fingerprint density at radius 1 is 1.12 bits per heavy atom. The molecular weight excluding hydrogens is 200 g/mol. The van der Waals surface area contributed by atoms with Gasteiger partial charge in [0.1, 0.15) is 0 Å². The van der Waals surface area contributed by atoms with Gasteiger partial charge in [-0.2, -0.15) is 0 Å². The van der Waals surface area contributed by atoms with Crippen molar-refractivity contribution in [3.8, 4) is 0 Å². The number of piperidine rings is 1. The molecule has 0 radical (unpaired) electrons. The highest BCUT2D eigenvalue weighted by atomic mass is 16.2. The fourth-order valence-electron chi connectivity index (χ4n) is 3.76. The van der Waals surface area contributed by atoms with E-state index >= 15 is 0 Å². The SMILES string of the molecule is NC1(C(=O)N2CCCC3CCCC32)CCC1. The molecule has 2 saturated carbocycles. The largest absolute Gasteiger partial charge is 0.338 e. The average Bonchev–Trinajstić information content (AvgIpc) is 2.72. The maximum atomic E-state index is 12.4. The summed E-state index contributed by atoms with van der Waals surface area (Å²) in [4.78, 5) is 14.6. The summed E-state index contributed by atoms with van der Waals surface area (Å²) in [6, 6.07) is 0.530. The number of amides is 1. The molecule has 0 aromatic carbocycles. The van der Waals surface area contributed by atoms with E-state index in [0.29, 0.717) is 6.04 Å². The van der Waals surface area contributed by atoms with E-state index in [-0.39, 0.29) is 5.91 Å². The maximum Gasteiger partial charge on any atom is 0.242 e. The predicted octanol–water partition coefficient (Wildman–Crippen LogP) is 1.66. The van der Waals surface area contributed by atoms with E-state index in [1.54, 1.807) is 0 Å². The molecule has 1 saturated heterocycles. The maximum absolute atomic E-state index is 12.4. The lowest BCUT2D eigenvalue weighted by atomic mass is 9.75. The first-order valence-electron chi connectivity index (χ1n) is 6.81. The van der Waals surface area contributed by atoms with E-state index in [4.69, 9.17) is 5.73 Å². The minimum absolute atomic E-state index is 0.260. The van der Waals surface area contributed by atoms with Crippen LogP contribution in [0, 0.1) is 5.92 Å². The topological polar surface area (TPSA) is 46.3 Å². The van der Waals surface area contributed by atoms with Gasteiger partial charge in [0, 0.05) is 12.6 Å². The summed E-state index contributed by atoms with van der Waals surface area (Å²) in [7, 11) is 0. The van der Waals surface area contributed by atoms with Crippen molar-refractivity contribution < 1.29 is 4.79 Å². The first kappa shape index (κ1) is 10.6. The zero-order valence-electron chi connectivity index (χ0n) is 9.95. The van der Waals surface area contributed by atoms with Crippen molar-refractivity contribution in [3.05, 3.63) is 0 Å². The monoisotopic (exact) mass is 222 g/mol. The van der Waals surface area contributed by atoms with Crippen LogP contribution in [0.1, 0.15) is 51.4 Å². The standard InChI is InChI=1S/C13H22N2O/c14-13(7-3-8-13)12(16)15-9-2-5-10-4-1-6-11(10)15/h10-11H,1-9,14H2. The molecule has 0 aromatic rings. The first-order valence-corrected chi connectivity index (χ1v) is 6.81. The molecule has 3 aliphatic rings. The molecule has 2 N–H and O–H groups in total. The zero-order valence-corrected chi connectivity index (χ0v) is 9.95. The van der Waals surface area contributed by atoms with Crippen molar-refractivity contribution in [2.45, 2.75) is 62.9 Å². The summed E-state index contributed by atoms with van der Waals surface area (Å²) in [6.45, 7) is 0.957. The number of hydrogen-bond donors (Lipinski definition) is 1. The van der Waals surface area contributed by atoms with Crippen LogP contribution in [0.5, 0.6) is 0 Å². The normalized spacial score (nSPS) is 36.7. The number of carbonyl (C=O) groups is 1. The van der Waals surface area contributed by atoms with Gasteiger partial charge >= 0.3 is 0 Å². The highest BCUT2D eigenvalue weighted by Crippen LogP contribution is 2.40. The molecular formula is C13H22N2O. The van der Waals surface area contributed by atoms with Crippen molar-refractivity contribution in [1.29, 1.82) is 0 Å². The molecule has 3 heteroatoms. The highest BCUT2D eigenvalue weighted by Gasteiger charge is 2.47. The van der Waals surface area contributed by atoms with Gasteiger partial charge in [-0.25, -0.2) is 0 Å². The number of rotatable bonds is 1. The van der Waals surface area contributed by atoms with Gasteiger partial charge in [-0.05, 0) is 50.9 Å². The molecule has 0 bridgehead atoms. The molecule has 3 rings (SSSR count). The Morgan fingerprint density at radius 2 is 1.88 bits per heavy atom. The van der Waals surface area contributed by atoms with Gasteiger partial charge < -0.3 is 10.6 Å². The minimum Gasteiger partial charge on any atom is -0.338 e. The second kappa shape index (κ2) is 3.73. The lowest BCUT2D eigenvalue weighted by molar-refractivity contribution is -0.145. The molecule has 90 valence electrons. The highest BCUT2D eigenvalue weighted by molar-refractivity contribution is 5.87. The summed E-state index contributed by atoms with van der Waals surface area (Å²) in [6.07, 6.45) is 9.29. The summed E-state index contributed by atoms with van der Waals surface area (Å²) in [5.41, 5.74) is 5.69. The van der Waals surface area contributed by atoms with Gasteiger partial charge in [0.05, 0.1) is 5.54 Å². The van der Waals surface area contributed by atoms with Crippen molar-refractivity contribution in [2.24, 2.45) is 11.7 Å². The van der Waals surface area contributed by atoms with Crippen LogP contribution < -0.4 is 5.73 Å². The molecule has 2 aliphatic carbocycles. The summed E-state index contributed by atoms with van der Waals surface area (Å²) in [5.74, 6) is 1.04. The van der Waals surface area contributed by atoms with Gasteiger partial charge in [0.25, 0.3) is 0 Å². The summed E-state index contributed by atoms with van der Waals surface area (Å²) in [5, 5.41) is 0. The first-order chi connectivity index (χ1) is 7.71. The third-order valence-electron chi connectivity index (χ3n) is 4.93. The molecule has 0 aromatic heterocycles. The molecule has 2 unspecified atom stereocenters. The summed E-state index contributed by atoms with van der Waals surface area (Å²) >= 11 is 0. The van der Waals surface area contributed by atoms with Crippen LogP contribution in [0.4, 0.5) is 0 Å². The van der Waals surface area contributed by atoms with E-state index in [9.17, 15) is 4.79 Å². The van der Waals surface area contributed by atoms with E-state index in [1.807, 2.05) is 0 Å². The lowest BCUT2D eigenvalue weighted by Crippen LogP contribution is -2.62. The molecule has 1 amide bonds. The van der Waals surface area contributed by atoms with Crippen LogP contribution in [0.15, 0.2) is 0 Å². The second-order valence-electron chi connectivity index (χ2n) is 5.91. The van der Waals surface area contributed by atoms with Crippen LogP contribution in [0.2, 0.25) is 0 Å². The van der Waals surface area contributed by atoms with Crippen molar-refractivity contribution in [1.82, 2.24) is 4.90 Å². The van der Waals surface area contributed by atoms with Gasteiger partial charge in [-0.3, -0.25) is 4.79 Å². The smallest absolute Gasteiger partial charge is 0.242 e. The third kappa shape index (κ3) is 1.48. The Labute approximate surface area is 97.4 Å².